The van der Waals surface area contributed by atoms with E-state index in [4.69, 9.17) is 5.11 Å². The molecule has 1 aromatic carbocycles. The molecule has 0 radical (unpaired) electrons. The smallest absolute Gasteiger partial charge is 0.227 e. The molecule has 3 rings (SSSR count). The number of β-amino-alcohol motifs (C(OH)–C–C–N with tert-alkyl or cyclic N) is 1. The molecule has 0 spiro atoms. The fourth-order valence-electron chi connectivity index (χ4n) is 2.68. The van der Waals surface area contributed by atoms with Crippen molar-refractivity contribution in [2.24, 2.45) is 0 Å². The Kier molecular flexibility index (Phi) is 2.63. The first kappa shape index (κ1) is 10.8. The zero-order valence-electron chi connectivity index (χ0n) is 9.85. The number of benzene rings is 1. The first-order chi connectivity index (χ1) is 8.22. The third-order valence-electron chi connectivity index (χ3n) is 3.73. The summed E-state index contributed by atoms with van der Waals surface area (Å²) in [6.45, 7) is 1.01. The number of aliphatic hydroxyl groups is 1. The molecule has 1 N–H and O–H groups in total. The summed E-state index contributed by atoms with van der Waals surface area (Å²) >= 11 is 0. The normalized spacial score (nSPS) is 19.0. The Morgan fingerprint density at radius 2 is 2.06 bits per heavy atom. The van der Waals surface area contributed by atoms with Crippen LogP contribution in [-0.4, -0.2) is 35.1 Å². The molecule has 17 heavy (non-hydrogen) atoms. The van der Waals surface area contributed by atoms with Gasteiger partial charge in [0.25, 0.3) is 0 Å². The summed E-state index contributed by atoms with van der Waals surface area (Å²) in [5.74, 6) is 0.133. The predicted molar refractivity (Wildman–Crippen MR) is 64.8 cm³/mol. The molecule has 3 nitrogen and oxygen atoms in total. The van der Waals surface area contributed by atoms with E-state index in [0.29, 0.717) is 19.5 Å². The molecule has 0 unspecified atom stereocenters. The Morgan fingerprint density at radius 1 is 1.29 bits per heavy atom. The Morgan fingerprint density at radius 3 is 2.82 bits per heavy atom. The number of carbonyl (C=O) groups is 1. The molecule has 1 saturated heterocycles. The van der Waals surface area contributed by atoms with Gasteiger partial charge in [-0.3, -0.25) is 4.79 Å². The zero-order chi connectivity index (χ0) is 11.8. The number of aryl methyl sites for hydroxylation is 2. The van der Waals surface area contributed by atoms with E-state index in [1.165, 1.54) is 24.0 Å². The maximum atomic E-state index is 11.9. The van der Waals surface area contributed by atoms with Crippen LogP contribution in [0.4, 0.5) is 0 Å². The van der Waals surface area contributed by atoms with Gasteiger partial charge in [-0.1, -0.05) is 18.2 Å². The van der Waals surface area contributed by atoms with Gasteiger partial charge in [0.15, 0.2) is 0 Å². The molecular weight excluding hydrogens is 214 g/mol. The van der Waals surface area contributed by atoms with Crippen molar-refractivity contribution in [3.63, 3.8) is 0 Å². The lowest BCUT2D eigenvalue weighted by Crippen LogP contribution is -2.53. The van der Waals surface area contributed by atoms with Gasteiger partial charge in [0.05, 0.1) is 12.5 Å². The number of nitrogens with zero attached hydrogens (tertiary/aromatic N) is 1. The van der Waals surface area contributed by atoms with Crippen molar-refractivity contribution in [3.8, 4) is 0 Å². The van der Waals surface area contributed by atoms with Gasteiger partial charge in [-0.2, -0.15) is 0 Å². The number of aliphatic hydroxyl groups excluding tert-OH is 1. The highest BCUT2D eigenvalue weighted by molar-refractivity contribution is 5.79. The number of carbonyl (C=O) groups excluding carboxylic acids is 1. The lowest BCUT2D eigenvalue weighted by Gasteiger charge is -2.36. The quantitative estimate of drug-likeness (QED) is 0.822. The minimum Gasteiger partial charge on any atom is -0.389 e. The minimum atomic E-state index is -0.307. The Labute approximate surface area is 101 Å². The molecule has 1 fully saturated rings. The van der Waals surface area contributed by atoms with Crippen molar-refractivity contribution in [1.29, 1.82) is 0 Å². The van der Waals surface area contributed by atoms with Crippen molar-refractivity contribution in [2.75, 3.05) is 13.1 Å². The van der Waals surface area contributed by atoms with Crippen LogP contribution in [0.2, 0.25) is 0 Å². The molecule has 1 aliphatic heterocycles. The monoisotopic (exact) mass is 231 g/mol. The van der Waals surface area contributed by atoms with Gasteiger partial charge in [-0.15, -0.1) is 0 Å². The largest absolute Gasteiger partial charge is 0.389 e. The maximum absolute atomic E-state index is 11.9. The highest BCUT2D eigenvalue weighted by Gasteiger charge is 2.28. The van der Waals surface area contributed by atoms with Gasteiger partial charge in [0, 0.05) is 13.1 Å². The molecule has 0 bridgehead atoms. The van der Waals surface area contributed by atoms with Gasteiger partial charge < -0.3 is 10.0 Å². The highest BCUT2D eigenvalue weighted by atomic mass is 16.3. The molecule has 0 saturated carbocycles. The van der Waals surface area contributed by atoms with Crippen LogP contribution in [-0.2, 0) is 24.1 Å². The standard InChI is InChI=1S/C14H17NO2/c16-13-8-15(9-13)14(17)7-10-4-5-11-2-1-3-12(11)6-10/h4-6,13,16H,1-3,7-9H2. The molecule has 1 heterocycles. The van der Waals surface area contributed by atoms with Crippen LogP contribution in [0.3, 0.4) is 0 Å². The molecule has 90 valence electrons. The lowest BCUT2D eigenvalue weighted by molar-refractivity contribution is -0.140. The van der Waals surface area contributed by atoms with E-state index in [9.17, 15) is 4.79 Å². The van der Waals surface area contributed by atoms with Crippen LogP contribution in [0, 0.1) is 0 Å². The topological polar surface area (TPSA) is 40.5 Å². The fourth-order valence-corrected chi connectivity index (χ4v) is 2.68. The molecule has 0 atom stereocenters. The van der Waals surface area contributed by atoms with Crippen molar-refractivity contribution in [2.45, 2.75) is 31.8 Å². The average Bonchev–Trinajstić information content (AvgIpc) is 2.71. The van der Waals surface area contributed by atoms with Crippen LogP contribution in [0.25, 0.3) is 0 Å². The van der Waals surface area contributed by atoms with E-state index in [-0.39, 0.29) is 12.0 Å². The lowest BCUT2D eigenvalue weighted by atomic mass is 10.0. The van der Waals surface area contributed by atoms with Gasteiger partial charge in [-0.05, 0) is 36.0 Å². The number of likely N-dealkylation sites (tertiary alicyclic amines) is 1. The van der Waals surface area contributed by atoms with Crippen molar-refractivity contribution in [1.82, 2.24) is 4.90 Å². The molecular formula is C14H17NO2. The number of rotatable bonds is 2. The number of hydrogen-bond donors (Lipinski definition) is 1. The zero-order valence-corrected chi connectivity index (χ0v) is 9.85. The van der Waals surface area contributed by atoms with Crippen LogP contribution >= 0.6 is 0 Å². The van der Waals surface area contributed by atoms with Crippen LogP contribution in [0.15, 0.2) is 18.2 Å². The molecule has 1 aliphatic carbocycles. The summed E-state index contributed by atoms with van der Waals surface area (Å²) in [7, 11) is 0. The second-order valence-corrected chi connectivity index (χ2v) is 5.09. The molecule has 3 heteroatoms. The van der Waals surface area contributed by atoms with Crippen LogP contribution in [0.1, 0.15) is 23.1 Å². The summed E-state index contributed by atoms with van der Waals surface area (Å²) < 4.78 is 0. The maximum Gasteiger partial charge on any atom is 0.227 e. The second-order valence-electron chi connectivity index (χ2n) is 5.09. The summed E-state index contributed by atoms with van der Waals surface area (Å²) in [6, 6.07) is 6.41. The van der Waals surface area contributed by atoms with Gasteiger partial charge in [0.2, 0.25) is 5.91 Å². The van der Waals surface area contributed by atoms with Gasteiger partial charge in [-0.25, -0.2) is 0 Å². The molecule has 1 aromatic rings. The van der Waals surface area contributed by atoms with E-state index in [1.807, 2.05) is 0 Å². The molecule has 0 aromatic heterocycles. The van der Waals surface area contributed by atoms with E-state index < -0.39 is 0 Å². The Balaban J connectivity index is 1.67. The third kappa shape index (κ3) is 2.07. The molecule has 1 amide bonds. The van der Waals surface area contributed by atoms with Crippen LogP contribution in [0.5, 0.6) is 0 Å². The van der Waals surface area contributed by atoms with Gasteiger partial charge in [0.1, 0.15) is 0 Å². The first-order valence-electron chi connectivity index (χ1n) is 6.29. The summed E-state index contributed by atoms with van der Waals surface area (Å²) in [5.41, 5.74) is 3.97. The second kappa shape index (κ2) is 4.15. The Hall–Kier alpha value is -1.35. The third-order valence-corrected chi connectivity index (χ3v) is 3.73. The van der Waals surface area contributed by atoms with Crippen molar-refractivity contribution in [3.05, 3.63) is 34.9 Å². The van der Waals surface area contributed by atoms with Crippen LogP contribution < -0.4 is 0 Å². The summed E-state index contributed by atoms with van der Waals surface area (Å²) in [4.78, 5) is 13.6. The molecule has 2 aliphatic rings. The predicted octanol–water partition coefficient (Wildman–Crippen LogP) is 0.921. The highest BCUT2D eigenvalue weighted by Crippen LogP contribution is 2.23. The van der Waals surface area contributed by atoms with E-state index >= 15 is 0 Å². The van der Waals surface area contributed by atoms with Crippen molar-refractivity contribution >= 4 is 5.91 Å². The summed E-state index contributed by atoms with van der Waals surface area (Å²) in [6.07, 6.45) is 3.74. The fraction of sp³-hybridized carbons (Fsp3) is 0.500. The van der Waals surface area contributed by atoms with Crippen molar-refractivity contribution < 1.29 is 9.90 Å². The average molecular weight is 231 g/mol. The SMILES string of the molecule is O=C(Cc1ccc2c(c1)CCC2)N1CC(O)C1. The van der Waals surface area contributed by atoms with E-state index in [1.54, 1.807) is 4.90 Å². The number of fused-ring (bicyclic) bond motifs is 1. The summed E-state index contributed by atoms with van der Waals surface area (Å²) in [5, 5.41) is 9.17. The van der Waals surface area contributed by atoms with Gasteiger partial charge >= 0.3 is 0 Å². The van der Waals surface area contributed by atoms with E-state index in [0.717, 1.165) is 12.0 Å². The minimum absolute atomic E-state index is 0.133. The number of hydrogen-bond acceptors (Lipinski definition) is 2. The van der Waals surface area contributed by atoms with E-state index in [2.05, 4.69) is 18.2 Å². The number of amides is 1. The first-order valence-corrected chi connectivity index (χ1v) is 6.29. The Bertz CT molecular complexity index is 450.